The lowest BCUT2D eigenvalue weighted by Crippen LogP contribution is -2.57. The maximum Gasteiger partial charge on any atom is 0.337 e. The molecule has 2 atom stereocenters. The Morgan fingerprint density at radius 3 is 2.87 bits per heavy atom. The van der Waals surface area contributed by atoms with Crippen LogP contribution in [0.15, 0.2) is 30.3 Å². The maximum atomic E-state index is 11.4. The van der Waals surface area contributed by atoms with Gasteiger partial charge in [-0.1, -0.05) is 0 Å². The quantitative estimate of drug-likeness (QED) is 0.254. The maximum absolute atomic E-state index is 11.4. The largest absolute Gasteiger partial charge is 0.508 e. The van der Waals surface area contributed by atoms with Crippen LogP contribution in [0.4, 0.5) is 0 Å². The van der Waals surface area contributed by atoms with Crippen LogP contribution in [0.3, 0.4) is 0 Å². The Bertz CT molecular complexity index is 592. The molecule has 0 amide bonds. The van der Waals surface area contributed by atoms with E-state index in [1.54, 1.807) is 7.05 Å². The van der Waals surface area contributed by atoms with Gasteiger partial charge in [0, 0.05) is 37.6 Å². The summed E-state index contributed by atoms with van der Waals surface area (Å²) >= 11 is 0. The first-order valence-corrected chi connectivity index (χ1v) is 6.69. The minimum absolute atomic E-state index is 0.101. The smallest absolute Gasteiger partial charge is 0.337 e. The van der Waals surface area contributed by atoms with E-state index in [-0.39, 0.29) is 23.8 Å². The molecule has 0 saturated heterocycles. The minimum Gasteiger partial charge on any atom is -0.508 e. The average molecular weight is 324 g/mol. The highest BCUT2D eigenvalue weighted by Crippen LogP contribution is 2.19. The van der Waals surface area contributed by atoms with Crippen molar-refractivity contribution in [3.63, 3.8) is 0 Å². The zero-order valence-electron chi connectivity index (χ0n) is 12.6. The Morgan fingerprint density at radius 2 is 2.35 bits per heavy atom. The van der Waals surface area contributed by atoms with Crippen molar-refractivity contribution in [2.45, 2.75) is 18.1 Å². The van der Waals surface area contributed by atoms with Crippen LogP contribution in [0.5, 0.6) is 5.75 Å². The molecule has 9 nitrogen and oxygen atoms in total. The van der Waals surface area contributed by atoms with Crippen molar-refractivity contribution < 1.29 is 24.9 Å². The van der Waals surface area contributed by atoms with Crippen LogP contribution < -0.4 is 11.1 Å². The fraction of sp³-hybridized carbons (Fsp3) is 0.357. The number of nitrogens with two attached hydrogens (primary N) is 1. The van der Waals surface area contributed by atoms with Crippen molar-refractivity contribution in [2.24, 2.45) is 5.73 Å². The van der Waals surface area contributed by atoms with E-state index in [4.69, 9.17) is 15.9 Å². The van der Waals surface area contributed by atoms with E-state index in [1.807, 2.05) is 0 Å². The minimum atomic E-state index is -2.34. The molecule has 1 aromatic rings. The highest BCUT2D eigenvalue weighted by atomic mass is 16.5. The number of aliphatic carboxylic acids is 1. The van der Waals surface area contributed by atoms with Gasteiger partial charge < -0.3 is 36.5 Å². The normalized spacial score (nSPS) is 15.3. The molecule has 0 spiro atoms. The van der Waals surface area contributed by atoms with Crippen molar-refractivity contribution in [3.8, 4) is 5.75 Å². The molecule has 23 heavy (non-hydrogen) atoms. The summed E-state index contributed by atoms with van der Waals surface area (Å²) in [7, 11) is 1.61. The number of ether oxygens (including phenoxy) is 1. The number of allylic oxidation sites excluding steroid dienone is 1. The molecule has 0 aliphatic carbocycles. The molecule has 1 aromatic heterocycles. The molecule has 0 aliphatic rings. The number of pyridine rings is 1. The van der Waals surface area contributed by atoms with Gasteiger partial charge in [0.25, 0.3) is 0 Å². The van der Waals surface area contributed by atoms with Gasteiger partial charge in [-0.2, -0.15) is 0 Å². The molecule has 126 valence electrons. The summed E-state index contributed by atoms with van der Waals surface area (Å²) in [6.07, 6.45) is 3.19. The zero-order valence-corrected chi connectivity index (χ0v) is 12.6. The van der Waals surface area contributed by atoms with Crippen LogP contribution in [-0.2, 0) is 16.0 Å². The summed E-state index contributed by atoms with van der Waals surface area (Å²) in [5, 5.41) is 38.9. The predicted octanol–water partition coefficient (Wildman–Crippen LogP) is -0.800. The van der Waals surface area contributed by atoms with Crippen LogP contribution in [0.2, 0.25) is 0 Å². The van der Waals surface area contributed by atoms with E-state index in [2.05, 4.69) is 10.3 Å². The summed E-state index contributed by atoms with van der Waals surface area (Å²) in [6, 6.07) is 1.28. The van der Waals surface area contributed by atoms with Gasteiger partial charge in [-0.25, -0.2) is 4.79 Å². The third-order valence-corrected chi connectivity index (χ3v) is 3.09. The van der Waals surface area contributed by atoms with E-state index >= 15 is 0 Å². The van der Waals surface area contributed by atoms with Crippen molar-refractivity contribution in [3.05, 3.63) is 36.0 Å². The monoisotopic (exact) mass is 324 g/mol. The number of aromatic hydroxyl groups is 1. The SMILES string of the molecule is CN/C=C(\C=N)OCC(N)C(O)(Cc1cc(O)ccn1)C(=O)O. The van der Waals surface area contributed by atoms with Crippen molar-refractivity contribution in [2.75, 3.05) is 13.7 Å². The summed E-state index contributed by atoms with van der Waals surface area (Å²) in [6.45, 7) is -0.329. The van der Waals surface area contributed by atoms with Crippen LogP contribution in [0.25, 0.3) is 0 Å². The Hall–Kier alpha value is -2.65. The van der Waals surface area contributed by atoms with Crippen LogP contribution in [0, 0.1) is 5.41 Å². The summed E-state index contributed by atoms with van der Waals surface area (Å²) in [5.74, 6) is -1.51. The molecular weight excluding hydrogens is 304 g/mol. The number of hydrogen-bond acceptors (Lipinski definition) is 8. The summed E-state index contributed by atoms with van der Waals surface area (Å²) in [4.78, 5) is 15.3. The lowest BCUT2D eigenvalue weighted by molar-refractivity contribution is -0.162. The van der Waals surface area contributed by atoms with Crippen molar-refractivity contribution >= 4 is 12.2 Å². The number of nitrogens with one attached hydrogen (secondary N) is 2. The van der Waals surface area contributed by atoms with Gasteiger partial charge in [-0.05, 0) is 6.07 Å². The van der Waals surface area contributed by atoms with E-state index in [9.17, 15) is 20.1 Å². The number of rotatable bonds is 9. The number of aliphatic hydroxyl groups is 1. The zero-order chi connectivity index (χ0) is 17.5. The van der Waals surface area contributed by atoms with Gasteiger partial charge in [0.1, 0.15) is 12.4 Å². The van der Waals surface area contributed by atoms with E-state index in [1.165, 1.54) is 24.5 Å². The van der Waals surface area contributed by atoms with Gasteiger partial charge in [0.05, 0.1) is 12.3 Å². The summed E-state index contributed by atoms with van der Waals surface area (Å²) in [5.41, 5.74) is 3.60. The topological polar surface area (TPSA) is 162 Å². The van der Waals surface area contributed by atoms with E-state index in [0.29, 0.717) is 0 Å². The Morgan fingerprint density at radius 1 is 1.65 bits per heavy atom. The number of aromatic nitrogens is 1. The second-order valence-corrected chi connectivity index (χ2v) is 4.81. The van der Waals surface area contributed by atoms with Crippen LogP contribution in [-0.4, -0.2) is 57.8 Å². The Kier molecular flexibility index (Phi) is 6.49. The van der Waals surface area contributed by atoms with Crippen LogP contribution >= 0.6 is 0 Å². The molecule has 0 bridgehead atoms. The lowest BCUT2D eigenvalue weighted by atomic mass is 9.89. The fourth-order valence-electron chi connectivity index (χ4n) is 1.79. The van der Waals surface area contributed by atoms with Crippen molar-refractivity contribution in [1.29, 1.82) is 5.41 Å². The third-order valence-electron chi connectivity index (χ3n) is 3.09. The first-order chi connectivity index (χ1) is 10.8. The van der Waals surface area contributed by atoms with Crippen LogP contribution in [0.1, 0.15) is 5.69 Å². The molecule has 1 heterocycles. The number of carbonyl (C=O) groups is 1. The van der Waals surface area contributed by atoms with Gasteiger partial charge in [0.2, 0.25) is 0 Å². The number of carboxylic acid groups (broad SMARTS) is 1. The molecule has 9 heteroatoms. The predicted molar refractivity (Wildman–Crippen MR) is 82.0 cm³/mol. The molecule has 7 N–H and O–H groups in total. The van der Waals surface area contributed by atoms with E-state index in [0.717, 1.165) is 6.21 Å². The molecule has 0 radical (unpaired) electrons. The number of carboxylic acids is 1. The molecule has 0 aromatic carbocycles. The Labute approximate surface area is 132 Å². The lowest BCUT2D eigenvalue weighted by Gasteiger charge is -2.29. The third kappa shape index (κ3) is 4.94. The van der Waals surface area contributed by atoms with Gasteiger partial charge in [-0.15, -0.1) is 0 Å². The van der Waals surface area contributed by atoms with Crippen molar-refractivity contribution in [1.82, 2.24) is 10.3 Å². The summed E-state index contributed by atoms with van der Waals surface area (Å²) < 4.78 is 5.19. The Balaban J connectivity index is 2.88. The van der Waals surface area contributed by atoms with Gasteiger partial charge >= 0.3 is 5.97 Å². The highest BCUT2D eigenvalue weighted by molar-refractivity contribution is 5.78. The second kappa shape index (κ2) is 8.11. The molecule has 0 saturated carbocycles. The van der Waals surface area contributed by atoms with E-state index < -0.39 is 24.0 Å². The standard InChI is InChI=1S/C14H20N4O5/c1-17-7-11(6-15)23-8-12(16)14(22,13(20)21)5-9-4-10(19)2-3-18-9/h2-4,6-7,12,15,17,22H,5,8,16H2,1H3,(H,18,19)(H,20,21)/b11-7+,15-6?. The fourth-order valence-corrected chi connectivity index (χ4v) is 1.79. The number of hydrogen-bond donors (Lipinski definition) is 6. The second-order valence-electron chi connectivity index (χ2n) is 4.81. The number of nitrogens with zero attached hydrogens (tertiary/aromatic N) is 1. The first kappa shape index (κ1) is 18.4. The molecule has 2 unspecified atom stereocenters. The first-order valence-electron chi connectivity index (χ1n) is 6.69. The molecule has 0 fully saturated rings. The molecule has 0 aliphatic heterocycles. The highest BCUT2D eigenvalue weighted by Gasteiger charge is 2.43. The van der Waals surface area contributed by atoms with Gasteiger partial charge in [-0.3, -0.25) is 4.98 Å². The molecule has 1 rings (SSSR count). The average Bonchev–Trinajstić information content (AvgIpc) is 2.50. The van der Waals surface area contributed by atoms with Gasteiger partial charge in [0.15, 0.2) is 11.4 Å². The molecular formula is C14H20N4O5.